The lowest BCUT2D eigenvalue weighted by molar-refractivity contribution is 0.147. The molecule has 14 heavy (non-hydrogen) atoms. The van der Waals surface area contributed by atoms with E-state index in [2.05, 4.69) is 0 Å². The van der Waals surface area contributed by atoms with Crippen molar-refractivity contribution in [2.75, 3.05) is 14.2 Å². The second-order valence-corrected chi connectivity index (χ2v) is 3.60. The Morgan fingerprint density at radius 3 is 2.43 bits per heavy atom. The van der Waals surface area contributed by atoms with Crippen LogP contribution in [0.25, 0.3) is 0 Å². The summed E-state index contributed by atoms with van der Waals surface area (Å²) in [6.07, 6.45) is 1.63. The van der Waals surface area contributed by atoms with E-state index >= 15 is 0 Å². The van der Waals surface area contributed by atoms with Gasteiger partial charge in [0.15, 0.2) is 0 Å². The van der Waals surface area contributed by atoms with Crippen molar-refractivity contribution >= 4 is 0 Å². The average molecular weight is 194 g/mol. The van der Waals surface area contributed by atoms with Crippen LogP contribution in [0.2, 0.25) is 0 Å². The van der Waals surface area contributed by atoms with Gasteiger partial charge >= 0.3 is 0 Å². The molecule has 1 N–H and O–H groups in total. The molecule has 2 rings (SSSR count). The van der Waals surface area contributed by atoms with Crippen LogP contribution in [-0.4, -0.2) is 19.3 Å². The van der Waals surface area contributed by atoms with Crippen molar-refractivity contribution in [2.45, 2.75) is 18.4 Å². The van der Waals surface area contributed by atoms with Crippen LogP contribution in [0.15, 0.2) is 18.2 Å². The monoisotopic (exact) mass is 194 g/mol. The lowest BCUT2D eigenvalue weighted by atomic mass is 10.1. The SMILES string of the molecule is COc1ccc(C2(O)CC2)c(OC)c1. The molecule has 1 aliphatic rings. The van der Waals surface area contributed by atoms with E-state index in [0.29, 0.717) is 5.75 Å². The van der Waals surface area contributed by atoms with E-state index < -0.39 is 5.60 Å². The van der Waals surface area contributed by atoms with E-state index in [1.54, 1.807) is 20.3 Å². The van der Waals surface area contributed by atoms with E-state index in [9.17, 15) is 5.11 Å². The Labute approximate surface area is 83.3 Å². The number of benzene rings is 1. The maximum Gasteiger partial charge on any atom is 0.128 e. The van der Waals surface area contributed by atoms with Gasteiger partial charge in [0.05, 0.1) is 19.8 Å². The molecule has 0 atom stereocenters. The molecule has 3 heteroatoms. The van der Waals surface area contributed by atoms with E-state index in [1.807, 2.05) is 12.1 Å². The number of hydrogen-bond acceptors (Lipinski definition) is 3. The van der Waals surface area contributed by atoms with Gasteiger partial charge in [-0.2, -0.15) is 0 Å². The summed E-state index contributed by atoms with van der Waals surface area (Å²) in [5.74, 6) is 1.44. The Kier molecular flexibility index (Phi) is 2.11. The minimum absolute atomic E-state index is 0.655. The van der Waals surface area contributed by atoms with Gasteiger partial charge in [0.2, 0.25) is 0 Å². The van der Waals surface area contributed by atoms with Gasteiger partial charge in [-0.05, 0) is 25.0 Å². The minimum Gasteiger partial charge on any atom is -0.497 e. The maximum atomic E-state index is 9.95. The zero-order valence-electron chi connectivity index (χ0n) is 8.41. The highest BCUT2D eigenvalue weighted by Crippen LogP contribution is 2.49. The highest BCUT2D eigenvalue weighted by Gasteiger charge is 2.44. The summed E-state index contributed by atoms with van der Waals surface area (Å²) in [7, 11) is 3.21. The van der Waals surface area contributed by atoms with Crippen LogP contribution in [0.5, 0.6) is 11.5 Å². The molecule has 0 saturated heterocycles. The summed E-state index contributed by atoms with van der Waals surface area (Å²) in [6.45, 7) is 0. The first-order chi connectivity index (χ1) is 6.69. The Balaban J connectivity index is 2.40. The van der Waals surface area contributed by atoms with Gasteiger partial charge in [0.1, 0.15) is 11.5 Å². The Morgan fingerprint density at radius 2 is 1.93 bits per heavy atom. The van der Waals surface area contributed by atoms with Crippen LogP contribution in [0, 0.1) is 0 Å². The molecule has 0 bridgehead atoms. The Morgan fingerprint density at radius 1 is 1.21 bits per heavy atom. The topological polar surface area (TPSA) is 38.7 Å². The van der Waals surface area contributed by atoms with Gasteiger partial charge in [0.25, 0.3) is 0 Å². The van der Waals surface area contributed by atoms with E-state index in [0.717, 1.165) is 24.2 Å². The van der Waals surface area contributed by atoms with Gasteiger partial charge < -0.3 is 14.6 Å². The molecule has 0 unspecified atom stereocenters. The number of ether oxygens (including phenoxy) is 2. The summed E-state index contributed by atoms with van der Waals surface area (Å²) >= 11 is 0. The molecule has 3 nitrogen and oxygen atoms in total. The van der Waals surface area contributed by atoms with Gasteiger partial charge in [-0.3, -0.25) is 0 Å². The molecule has 0 heterocycles. The van der Waals surface area contributed by atoms with Crippen LogP contribution < -0.4 is 9.47 Å². The highest BCUT2D eigenvalue weighted by molar-refractivity contribution is 5.45. The molecule has 1 saturated carbocycles. The molecule has 1 fully saturated rings. The summed E-state index contributed by atoms with van der Waals surface area (Å²) in [4.78, 5) is 0. The fourth-order valence-corrected chi connectivity index (χ4v) is 1.57. The normalized spacial score (nSPS) is 17.6. The van der Waals surface area contributed by atoms with Gasteiger partial charge in [0, 0.05) is 11.6 Å². The molecule has 0 aromatic heterocycles. The second-order valence-electron chi connectivity index (χ2n) is 3.60. The third-order valence-electron chi connectivity index (χ3n) is 2.63. The van der Waals surface area contributed by atoms with Crippen LogP contribution in [-0.2, 0) is 5.60 Å². The lowest BCUT2D eigenvalue weighted by Crippen LogP contribution is -2.06. The molecular formula is C11H14O3. The van der Waals surface area contributed by atoms with Gasteiger partial charge in [-0.15, -0.1) is 0 Å². The second kappa shape index (κ2) is 3.17. The zero-order valence-corrected chi connectivity index (χ0v) is 8.41. The largest absolute Gasteiger partial charge is 0.497 e. The third-order valence-corrected chi connectivity index (χ3v) is 2.63. The van der Waals surface area contributed by atoms with E-state index in [4.69, 9.17) is 9.47 Å². The van der Waals surface area contributed by atoms with E-state index in [-0.39, 0.29) is 0 Å². The molecule has 0 radical (unpaired) electrons. The minimum atomic E-state index is -0.655. The van der Waals surface area contributed by atoms with Gasteiger partial charge in [-0.25, -0.2) is 0 Å². The maximum absolute atomic E-state index is 9.95. The smallest absolute Gasteiger partial charge is 0.128 e. The van der Waals surface area contributed by atoms with Crippen molar-refractivity contribution in [3.8, 4) is 11.5 Å². The standard InChI is InChI=1S/C11H14O3/c1-13-8-3-4-9(10(7-8)14-2)11(12)5-6-11/h3-4,7,12H,5-6H2,1-2H3. The van der Waals surface area contributed by atoms with Crippen molar-refractivity contribution in [1.29, 1.82) is 0 Å². The third kappa shape index (κ3) is 1.44. The van der Waals surface area contributed by atoms with Crippen molar-refractivity contribution in [2.24, 2.45) is 0 Å². The summed E-state index contributed by atoms with van der Waals surface area (Å²) in [6, 6.07) is 5.50. The molecule has 0 spiro atoms. The van der Waals surface area contributed by atoms with Crippen LogP contribution in [0.1, 0.15) is 18.4 Å². The number of hydrogen-bond donors (Lipinski definition) is 1. The predicted molar refractivity (Wildman–Crippen MR) is 52.7 cm³/mol. The van der Waals surface area contributed by atoms with Crippen molar-refractivity contribution in [3.63, 3.8) is 0 Å². The number of methoxy groups -OCH3 is 2. The molecular weight excluding hydrogens is 180 g/mol. The van der Waals surface area contributed by atoms with Crippen molar-refractivity contribution in [1.82, 2.24) is 0 Å². The van der Waals surface area contributed by atoms with Crippen molar-refractivity contribution < 1.29 is 14.6 Å². The van der Waals surface area contributed by atoms with Crippen molar-refractivity contribution in [3.05, 3.63) is 23.8 Å². The van der Waals surface area contributed by atoms with Crippen LogP contribution in [0.4, 0.5) is 0 Å². The average Bonchev–Trinajstić information content (AvgIpc) is 2.96. The first-order valence-corrected chi connectivity index (χ1v) is 4.64. The molecule has 76 valence electrons. The Bertz CT molecular complexity index is 342. The predicted octanol–water partition coefficient (Wildman–Crippen LogP) is 1.69. The van der Waals surface area contributed by atoms with Gasteiger partial charge in [-0.1, -0.05) is 0 Å². The quantitative estimate of drug-likeness (QED) is 0.795. The number of rotatable bonds is 3. The molecule has 1 aromatic rings. The molecule has 1 aromatic carbocycles. The zero-order chi connectivity index (χ0) is 10.2. The Hall–Kier alpha value is -1.22. The fourth-order valence-electron chi connectivity index (χ4n) is 1.57. The first kappa shape index (κ1) is 9.34. The van der Waals surface area contributed by atoms with Crippen LogP contribution >= 0.6 is 0 Å². The summed E-state index contributed by atoms with van der Waals surface area (Å²) in [5.41, 5.74) is 0.207. The van der Waals surface area contributed by atoms with E-state index in [1.165, 1.54) is 0 Å². The molecule has 0 amide bonds. The number of aliphatic hydroxyl groups is 1. The summed E-state index contributed by atoms with van der Waals surface area (Å²) in [5, 5.41) is 9.95. The lowest BCUT2D eigenvalue weighted by Gasteiger charge is -2.14. The first-order valence-electron chi connectivity index (χ1n) is 4.64. The molecule has 1 aliphatic carbocycles. The summed E-state index contributed by atoms with van der Waals surface area (Å²) < 4.78 is 10.3. The highest BCUT2D eigenvalue weighted by atomic mass is 16.5. The van der Waals surface area contributed by atoms with Crippen LogP contribution in [0.3, 0.4) is 0 Å². The molecule has 0 aliphatic heterocycles. The fraction of sp³-hybridized carbons (Fsp3) is 0.455.